The Morgan fingerprint density at radius 2 is 1.59 bits per heavy atom. The maximum atomic E-state index is 8.26. The molecule has 29 heavy (non-hydrogen) atoms. The van der Waals surface area contributed by atoms with E-state index in [1.54, 1.807) is 12.5 Å². The first-order valence-corrected chi connectivity index (χ1v) is 8.74. The van der Waals surface area contributed by atoms with Crippen LogP contribution < -0.4 is 16.4 Å². The van der Waals surface area contributed by atoms with Crippen LogP contribution in [0.25, 0.3) is 0 Å². The molecule has 0 saturated heterocycles. The summed E-state index contributed by atoms with van der Waals surface area (Å²) in [6, 6.07) is 7.38. The summed E-state index contributed by atoms with van der Waals surface area (Å²) < 4.78 is 5.15. The lowest BCUT2D eigenvalue weighted by Crippen LogP contribution is -2.24. The molecule has 0 spiro atoms. The molecule has 4 N–H and O–H groups in total. The molecule has 150 valence electrons. The minimum Gasteiger partial charge on any atom is -0.467 e. The third-order valence-electron chi connectivity index (χ3n) is 3.36. The van der Waals surface area contributed by atoms with E-state index in [0.29, 0.717) is 18.4 Å². The van der Waals surface area contributed by atoms with Gasteiger partial charge in [-0.05, 0) is 52.0 Å². The van der Waals surface area contributed by atoms with Gasteiger partial charge in [-0.2, -0.15) is 5.26 Å². The molecule has 0 aromatic carbocycles. The van der Waals surface area contributed by atoms with E-state index < -0.39 is 0 Å². The Labute approximate surface area is 169 Å². The Morgan fingerprint density at radius 1 is 1.03 bits per heavy atom. The SMILES string of the molecule is Cc1cc(C)nc(NC#N)n1.Cc1cc(C)nc(NC(N)=NCc2ccco2)n1. The molecule has 10 nitrogen and oxygen atoms in total. The minimum atomic E-state index is 0.261. The van der Waals surface area contributed by atoms with Crippen LogP contribution in [0.4, 0.5) is 11.9 Å². The molecule has 0 aliphatic carbocycles. The van der Waals surface area contributed by atoms with E-state index >= 15 is 0 Å². The monoisotopic (exact) mass is 393 g/mol. The lowest BCUT2D eigenvalue weighted by atomic mass is 10.4. The summed E-state index contributed by atoms with van der Waals surface area (Å²) in [5.41, 5.74) is 9.21. The second-order valence-electron chi connectivity index (χ2n) is 6.09. The Balaban J connectivity index is 0.000000234. The summed E-state index contributed by atoms with van der Waals surface area (Å²) in [5.74, 6) is 1.83. The van der Waals surface area contributed by atoms with E-state index in [-0.39, 0.29) is 5.96 Å². The molecule has 3 aromatic rings. The van der Waals surface area contributed by atoms with Gasteiger partial charge in [0, 0.05) is 22.8 Å². The van der Waals surface area contributed by atoms with Crippen molar-refractivity contribution in [1.82, 2.24) is 19.9 Å². The smallest absolute Gasteiger partial charge is 0.236 e. The number of anilines is 2. The highest BCUT2D eigenvalue weighted by Gasteiger charge is 2.01. The van der Waals surface area contributed by atoms with E-state index in [9.17, 15) is 0 Å². The van der Waals surface area contributed by atoms with Gasteiger partial charge in [-0.1, -0.05) is 0 Å². The van der Waals surface area contributed by atoms with Crippen molar-refractivity contribution in [3.8, 4) is 6.19 Å². The van der Waals surface area contributed by atoms with E-state index in [1.807, 2.05) is 52.0 Å². The molecule has 0 fully saturated rings. The Kier molecular flexibility index (Phi) is 7.61. The van der Waals surface area contributed by atoms with E-state index in [2.05, 4.69) is 35.6 Å². The number of aryl methyl sites for hydroxylation is 4. The van der Waals surface area contributed by atoms with Crippen molar-refractivity contribution in [2.75, 3.05) is 10.6 Å². The first-order valence-electron chi connectivity index (χ1n) is 8.74. The fourth-order valence-electron chi connectivity index (χ4n) is 2.33. The first-order chi connectivity index (χ1) is 13.9. The van der Waals surface area contributed by atoms with Gasteiger partial charge < -0.3 is 10.2 Å². The molecule has 10 heteroatoms. The number of nitrogens with zero attached hydrogens (tertiary/aromatic N) is 6. The molecule has 0 radical (unpaired) electrons. The fourth-order valence-corrected chi connectivity index (χ4v) is 2.33. The third kappa shape index (κ3) is 7.64. The highest BCUT2D eigenvalue weighted by Crippen LogP contribution is 2.05. The number of rotatable bonds is 4. The van der Waals surface area contributed by atoms with Gasteiger partial charge in [0.05, 0.1) is 6.26 Å². The maximum absolute atomic E-state index is 8.26. The zero-order valence-corrected chi connectivity index (χ0v) is 16.8. The Morgan fingerprint density at radius 3 is 2.07 bits per heavy atom. The zero-order chi connectivity index (χ0) is 21.2. The predicted octanol–water partition coefficient (Wildman–Crippen LogP) is 2.60. The molecule has 3 heterocycles. The number of guanidine groups is 1. The van der Waals surface area contributed by atoms with Gasteiger partial charge in [0.25, 0.3) is 0 Å². The summed E-state index contributed by atoms with van der Waals surface area (Å²) in [6.45, 7) is 7.90. The first kappa shape index (κ1) is 21.3. The molecule has 3 aromatic heterocycles. The molecular formula is C19H23N9O. The molecule has 0 saturated carbocycles. The number of furan rings is 1. The van der Waals surface area contributed by atoms with E-state index in [0.717, 1.165) is 28.5 Å². The predicted molar refractivity (Wildman–Crippen MR) is 110 cm³/mol. The number of nitriles is 1. The van der Waals surface area contributed by atoms with Gasteiger partial charge in [0.1, 0.15) is 12.3 Å². The van der Waals surface area contributed by atoms with Gasteiger partial charge in [-0.25, -0.2) is 24.9 Å². The molecule has 0 bridgehead atoms. The van der Waals surface area contributed by atoms with Crippen molar-refractivity contribution >= 4 is 17.9 Å². The molecule has 0 amide bonds. The third-order valence-corrected chi connectivity index (χ3v) is 3.36. The Hall–Kier alpha value is -4.00. The van der Waals surface area contributed by atoms with Crippen LogP contribution in [-0.2, 0) is 6.54 Å². The highest BCUT2D eigenvalue weighted by atomic mass is 16.3. The number of nitrogens with two attached hydrogens (primary N) is 1. The summed E-state index contributed by atoms with van der Waals surface area (Å²) in [4.78, 5) is 20.5. The van der Waals surface area contributed by atoms with Gasteiger partial charge in [0.2, 0.25) is 11.9 Å². The van der Waals surface area contributed by atoms with Crippen LogP contribution in [-0.4, -0.2) is 25.9 Å². The van der Waals surface area contributed by atoms with Crippen molar-refractivity contribution in [1.29, 1.82) is 5.26 Å². The van der Waals surface area contributed by atoms with Gasteiger partial charge in [-0.15, -0.1) is 0 Å². The van der Waals surface area contributed by atoms with Crippen LogP contribution in [0.15, 0.2) is 39.9 Å². The highest BCUT2D eigenvalue weighted by molar-refractivity contribution is 5.90. The second-order valence-corrected chi connectivity index (χ2v) is 6.09. The lowest BCUT2D eigenvalue weighted by molar-refractivity contribution is 0.512. The molecule has 0 aliphatic rings. The van der Waals surface area contributed by atoms with E-state index in [1.165, 1.54) is 0 Å². The Bertz CT molecular complexity index is 967. The molecule has 0 aliphatic heterocycles. The lowest BCUT2D eigenvalue weighted by Gasteiger charge is -2.05. The van der Waals surface area contributed by atoms with Crippen LogP contribution in [0, 0.1) is 39.1 Å². The average Bonchev–Trinajstić information content (AvgIpc) is 3.12. The molecule has 0 unspecified atom stereocenters. The summed E-state index contributed by atoms with van der Waals surface area (Å²) >= 11 is 0. The number of aliphatic imine (C=N–C) groups is 1. The van der Waals surface area contributed by atoms with Crippen molar-refractivity contribution < 1.29 is 4.42 Å². The topological polar surface area (TPSA) is 151 Å². The standard InChI is InChI=1S/C12H15N5O.C7H8N4/c1-8-6-9(2)16-12(15-8)17-11(13)14-7-10-4-3-5-18-10;1-5-3-6(2)11-7(10-5)9-4-8/h3-6H,7H2,1-2H3,(H3,13,14,15,16,17);3H,1-2H3,(H,9,10,11). The van der Waals surface area contributed by atoms with Gasteiger partial charge >= 0.3 is 0 Å². The largest absolute Gasteiger partial charge is 0.467 e. The van der Waals surface area contributed by atoms with Gasteiger partial charge in [0.15, 0.2) is 12.2 Å². The van der Waals surface area contributed by atoms with Crippen molar-refractivity contribution in [3.63, 3.8) is 0 Å². The molecular weight excluding hydrogens is 370 g/mol. The minimum absolute atomic E-state index is 0.261. The number of hydrogen-bond acceptors (Lipinski definition) is 8. The molecule has 0 atom stereocenters. The van der Waals surface area contributed by atoms with Crippen LogP contribution >= 0.6 is 0 Å². The van der Waals surface area contributed by atoms with Crippen molar-refractivity contribution in [2.24, 2.45) is 10.7 Å². The van der Waals surface area contributed by atoms with Gasteiger partial charge in [-0.3, -0.25) is 10.6 Å². The van der Waals surface area contributed by atoms with Crippen molar-refractivity contribution in [3.05, 3.63) is 59.1 Å². The molecule has 3 rings (SSSR count). The summed E-state index contributed by atoms with van der Waals surface area (Å²) in [6.07, 6.45) is 3.36. The van der Waals surface area contributed by atoms with Crippen LogP contribution in [0.1, 0.15) is 28.5 Å². The van der Waals surface area contributed by atoms with Crippen LogP contribution in [0.3, 0.4) is 0 Å². The van der Waals surface area contributed by atoms with Crippen LogP contribution in [0.5, 0.6) is 0 Å². The van der Waals surface area contributed by atoms with Crippen LogP contribution in [0.2, 0.25) is 0 Å². The number of nitrogens with one attached hydrogen (secondary N) is 2. The second kappa shape index (κ2) is 10.4. The zero-order valence-electron chi connectivity index (χ0n) is 16.8. The average molecular weight is 393 g/mol. The van der Waals surface area contributed by atoms with E-state index in [4.69, 9.17) is 15.4 Å². The quantitative estimate of drug-likeness (QED) is 0.263. The summed E-state index contributed by atoms with van der Waals surface area (Å²) in [7, 11) is 0. The number of aromatic nitrogens is 4. The van der Waals surface area contributed by atoms with Crippen molar-refractivity contribution in [2.45, 2.75) is 34.2 Å². The fraction of sp³-hybridized carbons (Fsp3) is 0.263. The number of hydrogen-bond donors (Lipinski definition) is 3. The summed E-state index contributed by atoms with van der Waals surface area (Å²) in [5, 5.41) is 13.5. The normalized spacial score (nSPS) is 10.5. The maximum Gasteiger partial charge on any atom is 0.236 e.